The van der Waals surface area contributed by atoms with E-state index in [-0.39, 0.29) is 17.3 Å². The van der Waals surface area contributed by atoms with Crippen LogP contribution in [0.25, 0.3) is 0 Å². The van der Waals surface area contributed by atoms with Crippen molar-refractivity contribution in [1.29, 1.82) is 0 Å². The Balaban J connectivity index is 3.13. The number of aromatic nitrogens is 1. The second kappa shape index (κ2) is 4.55. The van der Waals surface area contributed by atoms with Crippen molar-refractivity contribution in [3.63, 3.8) is 0 Å². The molecule has 2 nitrogen and oxygen atoms in total. The fourth-order valence-corrected chi connectivity index (χ4v) is 1.45. The Hall–Kier alpha value is -1.26. The van der Waals surface area contributed by atoms with Gasteiger partial charge in [-0.25, -0.2) is 8.78 Å². The van der Waals surface area contributed by atoms with E-state index in [1.54, 1.807) is 7.05 Å². The van der Waals surface area contributed by atoms with E-state index in [1.165, 1.54) is 4.90 Å². The minimum atomic E-state index is -1.28. The van der Waals surface area contributed by atoms with Crippen molar-refractivity contribution in [3.8, 4) is 0 Å². The van der Waals surface area contributed by atoms with Crippen molar-refractivity contribution in [1.82, 2.24) is 4.98 Å². The number of halogens is 3. The lowest BCUT2D eigenvalue weighted by Gasteiger charge is -2.36. The first-order valence-electron chi connectivity index (χ1n) is 5.39. The van der Waals surface area contributed by atoms with E-state index in [9.17, 15) is 13.2 Å². The predicted octanol–water partition coefficient (Wildman–Crippen LogP) is 3.37. The minimum absolute atomic E-state index is 0.0747. The molecule has 0 saturated heterocycles. The van der Waals surface area contributed by atoms with Crippen molar-refractivity contribution in [2.75, 3.05) is 11.9 Å². The average molecular weight is 246 g/mol. The molecule has 1 unspecified atom stereocenters. The molecule has 0 aromatic carbocycles. The second-order valence-electron chi connectivity index (χ2n) is 5.22. The Bertz CT molecular complexity index is 413. The van der Waals surface area contributed by atoms with Crippen LogP contribution in [0.4, 0.5) is 19.0 Å². The molecule has 0 bridgehead atoms. The van der Waals surface area contributed by atoms with Crippen LogP contribution in [0.2, 0.25) is 0 Å². The van der Waals surface area contributed by atoms with E-state index >= 15 is 0 Å². The third-order valence-corrected chi connectivity index (χ3v) is 3.04. The molecule has 17 heavy (non-hydrogen) atoms. The molecule has 0 radical (unpaired) electrons. The Labute approximate surface area is 99.5 Å². The number of hydrogen-bond acceptors (Lipinski definition) is 2. The van der Waals surface area contributed by atoms with E-state index in [0.717, 1.165) is 0 Å². The largest absolute Gasteiger partial charge is 0.354 e. The van der Waals surface area contributed by atoms with E-state index in [1.807, 2.05) is 27.7 Å². The summed E-state index contributed by atoms with van der Waals surface area (Å²) in [4.78, 5) is 4.83. The van der Waals surface area contributed by atoms with Gasteiger partial charge in [-0.15, -0.1) is 0 Å². The molecule has 0 aliphatic heterocycles. The van der Waals surface area contributed by atoms with Gasteiger partial charge < -0.3 is 4.90 Å². The molecule has 1 atom stereocenters. The van der Waals surface area contributed by atoms with Crippen molar-refractivity contribution < 1.29 is 13.2 Å². The summed E-state index contributed by atoms with van der Waals surface area (Å²) < 4.78 is 39.3. The molecule has 1 aromatic rings. The maximum absolute atomic E-state index is 13.5. The van der Waals surface area contributed by atoms with Crippen molar-refractivity contribution >= 4 is 5.82 Å². The van der Waals surface area contributed by atoms with Gasteiger partial charge in [-0.2, -0.15) is 9.37 Å². The molecule has 0 N–H and O–H groups in total. The third-order valence-electron chi connectivity index (χ3n) is 3.04. The van der Waals surface area contributed by atoms with Crippen LogP contribution < -0.4 is 4.90 Å². The number of pyridine rings is 1. The summed E-state index contributed by atoms with van der Waals surface area (Å²) in [6, 6.07) is 0.443. The normalized spacial score (nSPS) is 13.6. The lowest BCUT2D eigenvalue weighted by molar-refractivity contribution is 0.325. The summed E-state index contributed by atoms with van der Waals surface area (Å²) in [6.45, 7) is 7.81. The van der Waals surface area contributed by atoms with Gasteiger partial charge in [-0.1, -0.05) is 20.8 Å². The van der Waals surface area contributed by atoms with Crippen LogP contribution >= 0.6 is 0 Å². The molecule has 0 fully saturated rings. The van der Waals surface area contributed by atoms with Gasteiger partial charge in [0.2, 0.25) is 0 Å². The predicted molar refractivity (Wildman–Crippen MR) is 61.4 cm³/mol. The van der Waals surface area contributed by atoms with Gasteiger partial charge in [0.25, 0.3) is 5.95 Å². The van der Waals surface area contributed by atoms with Gasteiger partial charge in [0.15, 0.2) is 17.5 Å². The zero-order valence-corrected chi connectivity index (χ0v) is 10.7. The highest BCUT2D eigenvalue weighted by Gasteiger charge is 2.27. The molecule has 1 heterocycles. The fraction of sp³-hybridized carbons (Fsp3) is 0.583. The Morgan fingerprint density at radius 3 is 2.18 bits per heavy atom. The lowest BCUT2D eigenvalue weighted by Crippen LogP contribution is -2.40. The number of rotatable bonds is 2. The summed E-state index contributed by atoms with van der Waals surface area (Å²) in [6.07, 6.45) is 0. The first-order valence-corrected chi connectivity index (χ1v) is 5.39. The maximum Gasteiger partial charge on any atom is 0.251 e. The topological polar surface area (TPSA) is 16.1 Å². The number of nitrogens with zero attached hydrogens (tertiary/aromatic N) is 2. The van der Waals surface area contributed by atoms with Crippen LogP contribution in [-0.2, 0) is 0 Å². The van der Waals surface area contributed by atoms with Crippen molar-refractivity contribution in [2.45, 2.75) is 33.7 Å². The zero-order valence-electron chi connectivity index (χ0n) is 10.7. The maximum atomic E-state index is 13.5. The van der Waals surface area contributed by atoms with Crippen LogP contribution in [0.15, 0.2) is 6.07 Å². The monoisotopic (exact) mass is 246 g/mol. The Morgan fingerprint density at radius 1 is 1.18 bits per heavy atom. The molecule has 0 aliphatic carbocycles. The van der Waals surface area contributed by atoms with Crippen LogP contribution in [0, 0.1) is 23.0 Å². The van der Waals surface area contributed by atoms with Gasteiger partial charge in [-0.3, -0.25) is 0 Å². The van der Waals surface area contributed by atoms with Gasteiger partial charge in [-0.05, 0) is 12.3 Å². The first-order chi connectivity index (χ1) is 7.64. The molecular weight excluding hydrogens is 229 g/mol. The number of hydrogen-bond donors (Lipinski definition) is 0. The SMILES string of the molecule is CC(N(C)c1nc(F)c(F)cc1F)C(C)(C)C. The molecule has 0 aliphatic rings. The number of anilines is 1. The molecule has 5 heteroatoms. The fourth-order valence-electron chi connectivity index (χ4n) is 1.45. The van der Waals surface area contributed by atoms with Crippen LogP contribution in [0.1, 0.15) is 27.7 Å². The van der Waals surface area contributed by atoms with Gasteiger partial charge >= 0.3 is 0 Å². The quantitative estimate of drug-likeness (QED) is 0.744. The van der Waals surface area contributed by atoms with Gasteiger partial charge in [0.05, 0.1) is 0 Å². The van der Waals surface area contributed by atoms with Crippen LogP contribution in [0.5, 0.6) is 0 Å². The lowest BCUT2D eigenvalue weighted by atomic mass is 9.87. The molecule has 0 spiro atoms. The molecular formula is C12H17F3N2. The highest BCUT2D eigenvalue weighted by molar-refractivity contribution is 5.40. The molecule has 96 valence electrons. The molecule has 1 rings (SSSR count). The highest BCUT2D eigenvalue weighted by Crippen LogP contribution is 2.28. The highest BCUT2D eigenvalue weighted by atomic mass is 19.2. The minimum Gasteiger partial charge on any atom is -0.354 e. The summed E-state index contributed by atoms with van der Waals surface area (Å²) in [5.41, 5.74) is -0.131. The average Bonchev–Trinajstić information content (AvgIpc) is 2.20. The van der Waals surface area contributed by atoms with Gasteiger partial charge in [0.1, 0.15) is 0 Å². The van der Waals surface area contributed by atoms with Gasteiger partial charge in [0, 0.05) is 19.2 Å². The zero-order chi connectivity index (χ0) is 13.4. The molecule has 0 amide bonds. The summed E-state index contributed by atoms with van der Waals surface area (Å²) in [7, 11) is 1.61. The van der Waals surface area contributed by atoms with E-state index in [0.29, 0.717) is 6.07 Å². The third kappa shape index (κ3) is 2.90. The Morgan fingerprint density at radius 2 is 1.71 bits per heavy atom. The summed E-state index contributed by atoms with van der Waals surface area (Å²) >= 11 is 0. The summed E-state index contributed by atoms with van der Waals surface area (Å²) in [5.74, 6) is -3.59. The van der Waals surface area contributed by atoms with E-state index in [2.05, 4.69) is 4.98 Å². The second-order valence-corrected chi connectivity index (χ2v) is 5.22. The first kappa shape index (κ1) is 13.8. The standard InChI is InChI=1S/C12H17F3N2/c1-7(12(2,3)4)17(5)11-9(14)6-8(13)10(15)16-11/h6-7H,1-5H3. The summed E-state index contributed by atoms with van der Waals surface area (Å²) in [5, 5.41) is 0. The van der Waals surface area contributed by atoms with Crippen molar-refractivity contribution in [2.24, 2.45) is 5.41 Å². The Kier molecular flexibility index (Phi) is 3.69. The van der Waals surface area contributed by atoms with E-state index in [4.69, 9.17) is 0 Å². The van der Waals surface area contributed by atoms with Crippen LogP contribution in [-0.4, -0.2) is 18.1 Å². The van der Waals surface area contributed by atoms with Crippen molar-refractivity contribution in [3.05, 3.63) is 23.6 Å². The smallest absolute Gasteiger partial charge is 0.251 e. The molecule has 1 aromatic heterocycles. The molecule has 0 saturated carbocycles. The van der Waals surface area contributed by atoms with Crippen LogP contribution in [0.3, 0.4) is 0 Å². The van der Waals surface area contributed by atoms with E-state index < -0.39 is 17.6 Å².